The lowest BCUT2D eigenvalue weighted by Gasteiger charge is -2.47. The molecule has 35 heavy (non-hydrogen) atoms. The first-order valence-electron chi connectivity index (χ1n) is 12.3. The van der Waals surface area contributed by atoms with Crippen LogP contribution < -0.4 is 4.90 Å². The van der Waals surface area contributed by atoms with E-state index in [9.17, 15) is 13.6 Å². The first kappa shape index (κ1) is 23.7. The first-order chi connectivity index (χ1) is 16.7. The van der Waals surface area contributed by atoms with E-state index in [-0.39, 0.29) is 22.5 Å². The number of fused-ring (bicyclic) bond motifs is 1. The molecule has 0 aliphatic carbocycles. The molecule has 3 aliphatic heterocycles. The number of piperidine rings is 2. The van der Waals surface area contributed by atoms with E-state index >= 15 is 0 Å². The fourth-order valence-corrected chi connectivity index (χ4v) is 5.92. The second-order valence-electron chi connectivity index (χ2n) is 10.9. The van der Waals surface area contributed by atoms with E-state index in [1.807, 2.05) is 21.9 Å². The third-order valence-corrected chi connectivity index (χ3v) is 8.14. The van der Waals surface area contributed by atoms with Crippen molar-refractivity contribution in [1.82, 2.24) is 14.8 Å². The summed E-state index contributed by atoms with van der Waals surface area (Å²) in [5.74, 6) is -1.40. The lowest BCUT2D eigenvalue weighted by Crippen LogP contribution is -2.51. The molecule has 0 atom stereocenters. The number of halogens is 2. The van der Waals surface area contributed by atoms with Crippen molar-refractivity contribution in [1.29, 1.82) is 0 Å². The SMILES string of the molecule is [C-]#[N+]c1cc(CN2CCC3(CC2)CCN(C(=O)N2CC(C)(C)c4ncccc42)CC3)c(F)cc1F. The van der Waals surface area contributed by atoms with Crippen molar-refractivity contribution in [2.24, 2.45) is 5.41 Å². The summed E-state index contributed by atoms with van der Waals surface area (Å²) in [4.78, 5) is 27.2. The van der Waals surface area contributed by atoms with E-state index in [0.717, 1.165) is 69.3 Å². The molecular weight excluding hydrogens is 448 g/mol. The van der Waals surface area contributed by atoms with Gasteiger partial charge in [0.2, 0.25) is 5.69 Å². The molecule has 4 heterocycles. The molecule has 0 saturated carbocycles. The highest BCUT2D eigenvalue weighted by atomic mass is 19.1. The summed E-state index contributed by atoms with van der Waals surface area (Å²) in [5.41, 5.74) is 2.19. The number of urea groups is 1. The smallest absolute Gasteiger partial charge is 0.324 e. The number of pyridine rings is 1. The summed E-state index contributed by atoms with van der Waals surface area (Å²) in [6, 6.07) is 6.09. The maximum Gasteiger partial charge on any atom is 0.324 e. The van der Waals surface area contributed by atoms with Crippen LogP contribution in [0.1, 0.15) is 50.8 Å². The molecule has 8 heteroatoms. The molecule has 2 saturated heterocycles. The van der Waals surface area contributed by atoms with E-state index < -0.39 is 11.6 Å². The molecule has 1 aromatic heterocycles. The van der Waals surface area contributed by atoms with Crippen LogP contribution in [0, 0.1) is 23.6 Å². The largest absolute Gasteiger partial charge is 0.324 e. The molecule has 6 nitrogen and oxygen atoms in total. The number of nitrogens with zero attached hydrogens (tertiary/aromatic N) is 5. The van der Waals surface area contributed by atoms with Gasteiger partial charge in [0.15, 0.2) is 0 Å². The highest BCUT2D eigenvalue weighted by molar-refractivity contribution is 5.94. The Bertz CT molecular complexity index is 1170. The van der Waals surface area contributed by atoms with Gasteiger partial charge in [-0.3, -0.25) is 14.8 Å². The Morgan fingerprint density at radius 2 is 1.77 bits per heavy atom. The van der Waals surface area contributed by atoms with Gasteiger partial charge < -0.3 is 4.90 Å². The van der Waals surface area contributed by atoms with Crippen molar-refractivity contribution in [2.75, 3.05) is 37.6 Å². The Kier molecular flexibility index (Phi) is 6.00. The highest BCUT2D eigenvalue weighted by Gasteiger charge is 2.43. The summed E-state index contributed by atoms with van der Waals surface area (Å²) < 4.78 is 27.9. The predicted octanol–water partition coefficient (Wildman–Crippen LogP) is 5.51. The molecule has 5 rings (SSSR count). The molecule has 0 radical (unpaired) electrons. The molecule has 184 valence electrons. The molecule has 2 fully saturated rings. The zero-order valence-electron chi connectivity index (χ0n) is 20.4. The van der Waals surface area contributed by atoms with Crippen LogP contribution in [0.3, 0.4) is 0 Å². The number of benzene rings is 1. The van der Waals surface area contributed by atoms with Gasteiger partial charge in [-0.25, -0.2) is 18.4 Å². The Morgan fingerprint density at radius 3 is 2.46 bits per heavy atom. The maximum absolute atomic E-state index is 14.2. The average Bonchev–Trinajstić information content (AvgIpc) is 3.13. The van der Waals surface area contributed by atoms with Gasteiger partial charge >= 0.3 is 6.03 Å². The van der Waals surface area contributed by atoms with Crippen molar-refractivity contribution in [2.45, 2.75) is 51.5 Å². The van der Waals surface area contributed by atoms with Crippen LogP contribution in [-0.4, -0.2) is 53.5 Å². The van der Waals surface area contributed by atoms with Gasteiger partial charge in [-0.1, -0.05) is 13.8 Å². The minimum absolute atomic E-state index is 0.0690. The van der Waals surface area contributed by atoms with Gasteiger partial charge in [-0.15, -0.1) is 0 Å². The number of aromatic nitrogens is 1. The predicted molar refractivity (Wildman–Crippen MR) is 130 cm³/mol. The number of amides is 2. The zero-order valence-corrected chi connectivity index (χ0v) is 20.4. The standard InChI is InChI=1S/C27H31F2N5O/c1-26(2)18-34(23-5-4-10-31-24(23)26)25(35)33-13-8-27(9-14-33)6-11-32(12-7-27)17-19-15-22(30-3)21(29)16-20(19)28/h4-5,10,15-16H,6-9,11-14,17-18H2,1-2H3. The van der Waals surface area contributed by atoms with E-state index in [1.54, 1.807) is 6.20 Å². The number of carbonyl (C=O) groups excluding carboxylic acids is 1. The van der Waals surface area contributed by atoms with Gasteiger partial charge in [-0.05, 0) is 74.0 Å². The van der Waals surface area contributed by atoms with Crippen molar-refractivity contribution >= 4 is 17.4 Å². The Morgan fingerprint density at radius 1 is 1.09 bits per heavy atom. The number of anilines is 1. The molecular formula is C27H31F2N5O. The summed E-state index contributed by atoms with van der Waals surface area (Å²) in [7, 11) is 0. The third-order valence-electron chi connectivity index (χ3n) is 8.14. The molecule has 0 N–H and O–H groups in total. The maximum atomic E-state index is 14.2. The van der Waals surface area contributed by atoms with E-state index in [4.69, 9.17) is 6.57 Å². The molecule has 2 amide bonds. The van der Waals surface area contributed by atoms with Gasteiger partial charge in [0, 0.05) is 37.8 Å². The van der Waals surface area contributed by atoms with Crippen molar-refractivity contribution < 1.29 is 13.6 Å². The normalized spacial score (nSPS) is 21.1. The minimum atomic E-state index is -0.808. The van der Waals surface area contributed by atoms with Crippen molar-refractivity contribution in [3.05, 3.63) is 64.8 Å². The second-order valence-corrected chi connectivity index (χ2v) is 10.9. The zero-order chi connectivity index (χ0) is 24.8. The second kappa shape index (κ2) is 8.87. The number of rotatable bonds is 2. The van der Waals surface area contributed by atoms with Crippen LogP contribution in [-0.2, 0) is 12.0 Å². The topological polar surface area (TPSA) is 44.0 Å². The lowest BCUT2D eigenvalue weighted by molar-refractivity contribution is 0.0430. The monoisotopic (exact) mass is 479 g/mol. The summed E-state index contributed by atoms with van der Waals surface area (Å²) in [5, 5.41) is 0. The fraction of sp³-hybridized carbons (Fsp3) is 0.519. The molecule has 1 spiro atoms. The Hall–Kier alpha value is -3.05. The first-order valence-corrected chi connectivity index (χ1v) is 12.3. The van der Waals surface area contributed by atoms with Crippen LogP contribution in [0.4, 0.5) is 25.0 Å². The quantitative estimate of drug-likeness (QED) is 0.534. The highest BCUT2D eigenvalue weighted by Crippen LogP contribution is 2.43. The van der Waals surface area contributed by atoms with Gasteiger partial charge in [0.25, 0.3) is 0 Å². The van der Waals surface area contributed by atoms with Gasteiger partial charge in [0.05, 0.1) is 18.0 Å². The summed E-state index contributed by atoms with van der Waals surface area (Å²) in [6.45, 7) is 15.5. The van der Waals surface area contributed by atoms with Crippen LogP contribution in [0.15, 0.2) is 30.5 Å². The molecule has 1 aromatic carbocycles. The number of hydrogen-bond donors (Lipinski definition) is 0. The van der Waals surface area contributed by atoms with E-state index in [2.05, 4.69) is 28.6 Å². The van der Waals surface area contributed by atoms with Gasteiger partial charge in [-0.2, -0.15) is 0 Å². The fourth-order valence-electron chi connectivity index (χ4n) is 5.92. The Balaban J connectivity index is 1.18. The lowest BCUT2D eigenvalue weighted by atomic mass is 9.71. The minimum Gasteiger partial charge on any atom is -0.324 e. The van der Waals surface area contributed by atoms with Crippen molar-refractivity contribution in [3.8, 4) is 0 Å². The molecule has 3 aliphatic rings. The summed E-state index contributed by atoms with van der Waals surface area (Å²) in [6.07, 6.45) is 5.72. The number of likely N-dealkylation sites (tertiary alicyclic amines) is 2. The number of carbonyl (C=O) groups is 1. The third kappa shape index (κ3) is 4.38. The van der Waals surface area contributed by atoms with E-state index in [0.29, 0.717) is 18.7 Å². The molecule has 0 unspecified atom stereocenters. The van der Waals surface area contributed by atoms with Crippen molar-refractivity contribution in [3.63, 3.8) is 0 Å². The number of hydrogen-bond acceptors (Lipinski definition) is 3. The van der Waals surface area contributed by atoms with Crippen LogP contribution in [0.5, 0.6) is 0 Å². The molecule has 0 bridgehead atoms. The Labute approximate surface area is 205 Å². The van der Waals surface area contributed by atoms with Crippen LogP contribution in [0.25, 0.3) is 4.85 Å². The van der Waals surface area contributed by atoms with Crippen LogP contribution >= 0.6 is 0 Å². The van der Waals surface area contributed by atoms with E-state index in [1.165, 1.54) is 6.07 Å². The van der Waals surface area contributed by atoms with Crippen LogP contribution in [0.2, 0.25) is 0 Å². The summed E-state index contributed by atoms with van der Waals surface area (Å²) >= 11 is 0. The average molecular weight is 480 g/mol. The van der Waals surface area contributed by atoms with Gasteiger partial charge in [0.1, 0.15) is 11.6 Å². The molecule has 2 aromatic rings.